The number of thiol groups is 1. The Morgan fingerprint density at radius 1 is 1.33 bits per heavy atom. The molecule has 0 bridgehead atoms. The molecule has 0 aromatic heterocycles. The zero-order chi connectivity index (χ0) is 9.72. The van der Waals surface area contributed by atoms with Crippen molar-refractivity contribution in [3.05, 3.63) is 0 Å². The van der Waals surface area contributed by atoms with Crippen LogP contribution in [0.25, 0.3) is 0 Å². The third-order valence-electron chi connectivity index (χ3n) is 0.742. The van der Waals surface area contributed by atoms with Gasteiger partial charge in [0.15, 0.2) is 5.11 Å². The van der Waals surface area contributed by atoms with E-state index in [9.17, 15) is 9.59 Å². The number of hydrogen-bond donors (Lipinski definition) is 5. The van der Waals surface area contributed by atoms with Gasteiger partial charge in [0.2, 0.25) is 0 Å². The standard InChI is InChI=1S/C3H4N2O2S.CH4N2S/c6-1-2(7)5-3(8)4-1;2-1(3)4/h3,8H,(H,4,6)(H,5,7);(H4,2,3,4). The minimum Gasteiger partial charge on any atom is -0.377 e. The van der Waals surface area contributed by atoms with Crippen LogP contribution < -0.4 is 22.1 Å². The third kappa shape index (κ3) is 4.74. The molecule has 68 valence electrons. The van der Waals surface area contributed by atoms with Gasteiger partial charge in [-0.1, -0.05) is 0 Å². The summed E-state index contributed by atoms with van der Waals surface area (Å²) in [5.41, 5.74) is 8.74. The van der Waals surface area contributed by atoms with Crippen LogP contribution in [0.2, 0.25) is 0 Å². The van der Waals surface area contributed by atoms with Crippen molar-refractivity contribution < 1.29 is 9.59 Å². The van der Waals surface area contributed by atoms with E-state index in [1.807, 2.05) is 0 Å². The van der Waals surface area contributed by atoms with E-state index in [0.717, 1.165) is 0 Å². The third-order valence-corrected chi connectivity index (χ3v) is 1.00. The van der Waals surface area contributed by atoms with Crippen molar-refractivity contribution >= 4 is 41.8 Å². The molecule has 0 radical (unpaired) electrons. The number of hydrogen-bond acceptors (Lipinski definition) is 4. The van der Waals surface area contributed by atoms with Gasteiger partial charge in [-0.15, -0.1) is 12.6 Å². The van der Waals surface area contributed by atoms with Crippen molar-refractivity contribution in [2.24, 2.45) is 11.5 Å². The van der Waals surface area contributed by atoms with Gasteiger partial charge in [-0.2, -0.15) is 0 Å². The summed E-state index contributed by atoms with van der Waals surface area (Å²) in [6, 6.07) is 0. The molecule has 1 fully saturated rings. The molecule has 0 atom stereocenters. The molecular formula is C4H8N4O2S2. The second kappa shape index (κ2) is 4.78. The fourth-order valence-corrected chi connectivity index (χ4v) is 0.650. The Kier molecular flexibility index (Phi) is 4.37. The first-order valence-corrected chi connectivity index (χ1v) is 3.70. The summed E-state index contributed by atoms with van der Waals surface area (Å²) in [6.07, 6.45) is 0. The second-order valence-electron chi connectivity index (χ2n) is 1.75. The molecule has 8 heteroatoms. The van der Waals surface area contributed by atoms with E-state index in [-0.39, 0.29) is 5.11 Å². The van der Waals surface area contributed by atoms with Gasteiger partial charge in [-0.3, -0.25) is 9.59 Å². The van der Waals surface area contributed by atoms with Gasteiger partial charge >= 0.3 is 11.8 Å². The first-order valence-electron chi connectivity index (χ1n) is 2.78. The summed E-state index contributed by atoms with van der Waals surface area (Å²) in [7, 11) is 0. The Hall–Kier alpha value is -1.02. The summed E-state index contributed by atoms with van der Waals surface area (Å²) in [5, 5.41) is 4.46. The maximum Gasteiger partial charge on any atom is 0.311 e. The molecule has 1 rings (SSSR count). The molecule has 2 amide bonds. The van der Waals surface area contributed by atoms with Crippen LogP contribution in [0.4, 0.5) is 0 Å². The quantitative estimate of drug-likeness (QED) is 0.174. The van der Waals surface area contributed by atoms with Gasteiger partial charge in [-0.05, 0) is 12.2 Å². The number of nitrogens with two attached hydrogens (primary N) is 2. The molecule has 6 nitrogen and oxygen atoms in total. The first kappa shape index (κ1) is 11.0. The summed E-state index contributed by atoms with van der Waals surface area (Å²) in [4.78, 5) is 20.4. The SMILES string of the molecule is NC(N)=S.O=C1NC(S)NC1=O. The second-order valence-corrected chi connectivity index (χ2v) is 2.74. The van der Waals surface area contributed by atoms with E-state index >= 15 is 0 Å². The van der Waals surface area contributed by atoms with Crippen molar-refractivity contribution in [3.63, 3.8) is 0 Å². The van der Waals surface area contributed by atoms with Gasteiger partial charge in [0.1, 0.15) is 5.50 Å². The highest BCUT2D eigenvalue weighted by Crippen LogP contribution is 1.90. The first-order chi connectivity index (χ1) is 5.43. The Morgan fingerprint density at radius 2 is 1.58 bits per heavy atom. The number of rotatable bonds is 0. The van der Waals surface area contributed by atoms with Crippen LogP contribution in [0.3, 0.4) is 0 Å². The predicted molar refractivity (Wildman–Crippen MR) is 50.0 cm³/mol. The molecule has 1 aliphatic rings. The average Bonchev–Trinajstić information content (AvgIpc) is 2.08. The van der Waals surface area contributed by atoms with E-state index in [1.165, 1.54) is 0 Å². The lowest BCUT2D eigenvalue weighted by molar-refractivity contribution is -0.135. The highest BCUT2D eigenvalue weighted by molar-refractivity contribution is 7.81. The summed E-state index contributed by atoms with van der Waals surface area (Å²) in [6.45, 7) is 0. The van der Waals surface area contributed by atoms with Gasteiger partial charge in [0.05, 0.1) is 0 Å². The molecule has 1 heterocycles. The van der Waals surface area contributed by atoms with Crippen LogP contribution in [0.15, 0.2) is 0 Å². The summed E-state index contributed by atoms with van der Waals surface area (Å²) < 4.78 is 0. The number of carbonyl (C=O) groups is 2. The van der Waals surface area contributed by atoms with Crippen LogP contribution in [0.1, 0.15) is 0 Å². The molecule has 6 N–H and O–H groups in total. The van der Waals surface area contributed by atoms with Gasteiger partial charge in [-0.25, -0.2) is 0 Å². The number of amides is 2. The number of nitrogens with one attached hydrogen (secondary N) is 2. The van der Waals surface area contributed by atoms with Gasteiger partial charge in [0, 0.05) is 0 Å². The van der Waals surface area contributed by atoms with Gasteiger partial charge in [0.25, 0.3) is 0 Å². The largest absolute Gasteiger partial charge is 0.377 e. The molecule has 0 spiro atoms. The van der Waals surface area contributed by atoms with E-state index in [0.29, 0.717) is 0 Å². The van der Waals surface area contributed by atoms with E-state index < -0.39 is 17.3 Å². The van der Waals surface area contributed by atoms with Crippen molar-refractivity contribution in [1.82, 2.24) is 10.6 Å². The summed E-state index contributed by atoms with van der Waals surface area (Å²) in [5.74, 6) is -1.24. The molecule has 1 aliphatic heterocycles. The lowest BCUT2D eigenvalue weighted by atomic mass is 10.6. The molecule has 0 aromatic rings. The molecular weight excluding hydrogens is 200 g/mol. The van der Waals surface area contributed by atoms with Crippen LogP contribution in [0.5, 0.6) is 0 Å². The minimum absolute atomic E-state index is 0.000000000000000222. The monoisotopic (exact) mass is 208 g/mol. The zero-order valence-electron chi connectivity index (χ0n) is 5.90. The fourth-order valence-electron chi connectivity index (χ4n) is 0.416. The predicted octanol–water partition coefficient (Wildman–Crippen LogP) is -2.37. The Morgan fingerprint density at radius 3 is 1.67 bits per heavy atom. The van der Waals surface area contributed by atoms with Crippen LogP contribution in [-0.2, 0) is 9.59 Å². The van der Waals surface area contributed by atoms with Crippen LogP contribution in [0, 0.1) is 0 Å². The Balaban J connectivity index is 0.000000261. The lowest BCUT2D eigenvalue weighted by Crippen LogP contribution is -2.25. The molecule has 0 saturated carbocycles. The summed E-state index contributed by atoms with van der Waals surface area (Å²) >= 11 is 7.84. The number of carbonyl (C=O) groups excluding carboxylic acids is 2. The van der Waals surface area contributed by atoms with Crippen molar-refractivity contribution in [2.45, 2.75) is 5.50 Å². The maximum absolute atomic E-state index is 10.2. The molecule has 1 saturated heterocycles. The number of thiocarbonyl (C=S) groups is 1. The molecule has 0 aliphatic carbocycles. The van der Waals surface area contributed by atoms with E-state index in [1.54, 1.807) is 0 Å². The Labute approximate surface area is 79.5 Å². The van der Waals surface area contributed by atoms with Crippen molar-refractivity contribution in [3.8, 4) is 0 Å². The van der Waals surface area contributed by atoms with Gasteiger partial charge < -0.3 is 22.1 Å². The zero-order valence-corrected chi connectivity index (χ0v) is 7.61. The van der Waals surface area contributed by atoms with E-state index in [2.05, 4.69) is 46.9 Å². The molecule has 0 aromatic carbocycles. The van der Waals surface area contributed by atoms with Crippen LogP contribution >= 0.6 is 24.8 Å². The molecule has 12 heavy (non-hydrogen) atoms. The highest BCUT2D eigenvalue weighted by Gasteiger charge is 2.25. The fraction of sp³-hybridized carbons (Fsp3) is 0.250. The normalized spacial score (nSPS) is 15.8. The van der Waals surface area contributed by atoms with Crippen molar-refractivity contribution in [1.29, 1.82) is 0 Å². The van der Waals surface area contributed by atoms with Crippen LogP contribution in [-0.4, -0.2) is 22.4 Å². The van der Waals surface area contributed by atoms with E-state index in [4.69, 9.17) is 0 Å². The highest BCUT2D eigenvalue weighted by atomic mass is 32.1. The smallest absolute Gasteiger partial charge is 0.311 e. The minimum atomic E-state index is -0.620. The maximum atomic E-state index is 10.2. The lowest BCUT2D eigenvalue weighted by Gasteiger charge is -1.95. The Bertz CT molecular complexity index is 199. The molecule has 0 unspecified atom stereocenters. The average molecular weight is 208 g/mol. The van der Waals surface area contributed by atoms with Crippen molar-refractivity contribution in [2.75, 3.05) is 0 Å². The topological polar surface area (TPSA) is 110 Å².